The first-order valence-corrected chi connectivity index (χ1v) is 12.2. The van der Waals surface area contributed by atoms with Crippen LogP contribution in [0.4, 0.5) is 11.4 Å². The molecule has 9 heteroatoms. The maximum absolute atomic E-state index is 13.6. The summed E-state index contributed by atoms with van der Waals surface area (Å²) < 4.78 is 6.60. The Bertz CT molecular complexity index is 1420. The quantitative estimate of drug-likeness (QED) is 0.516. The van der Waals surface area contributed by atoms with E-state index in [0.29, 0.717) is 29.9 Å². The molecule has 188 valence electrons. The summed E-state index contributed by atoms with van der Waals surface area (Å²) in [5.74, 6) is -0.950. The molecule has 0 saturated heterocycles. The van der Waals surface area contributed by atoms with Gasteiger partial charge in [-0.2, -0.15) is 10.4 Å². The highest BCUT2D eigenvalue weighted by Crippen LogP contribution is 2.45. The predicted octanol–water partition coefficient (Wildman–Crippen LogP) is 3.94. The number of anilines is 2. The number of aromatic nitrogens is 2. The van der Waals surface area contributed by atoms with Crippen molar-refractivity contribution in [3.8, 4) is 6.07 Å². The molecule has 0 radical (unpaired) electrons. The number of nitrogens with one attached hydrogen (secondary N) is 1. The van der Waals surface area contributed by atoms with Gasteiger partial charge in [0.2, 0.25) is 0 Å². The Morgan fingerprint density at radius 2 is 1.97 bits per heavy atom. The first kappa shape index (κ1) is 24.3. The van der Waals surface area contributed by atoms with Crippen LogP contribution in [0.15, 0.2) is 54.7 Å². The molecular formula is C28H27N5O4. The molecular weight excluding hydrogens is 470 g/mol. The number of hydrogen-bond acceptors (Lipinski definition) is 6. The number of nitriles is 1. The number of benzene rings is 2. The van der Waals surface area contributed by atoms with Gasteiger partial charge in [-0.05, 0) is 62.1 Å². The molecule has 1 aliphatic carbocycles. The molecule has 3 aromatic rings. The first-order chi connectivity index (χ1) is 17.8. The smallest absolute Gasteiger partial charge is 0.312 e. The summed E-state index contributed by atoms with van der Waals surface area (Å²) in [5, 5.41) is 16.2. The number of esters is 1. The number of rotatable bonds is 6. The van der Waals surface area contributed by atoms with Crippen molar-refractivity contribution in [1.82, 2.24) is 9.78 Å². The van der Waals surface area contributed by atoms with Gasteiger partial charge in [0.05, 0.1) is 48.5 Å². The van der Waals surface area contributed by atoms with Gasteiger partial charge in [-0.15, -0.1) is 0 Å². The van der Waals surface area contributed by atoms with E-state index in [9.17, 15) is 14.4 Å². The van der Waals surface area contributed by atoms with E-state index < -0.39 is 11.3 Å². The average molecular weight is 498 g/mol. The Morgan fingerprint density at radius 1 is 1.22 bits per heavy atom. The summed E-state index contributed by atoms with van der Waals surface area (Å²) in [4.78, 5) is 40.7. The van der Waals surface area contributed by atoms with E-state index in [2.05, 4.69) is 10.4 Å². The van der Waals surface area contributed by atoms with Crippen LogP contribution in [0.25, 0.3) is 0 Å². The van der Waals surface area contributed by atoms with Crippen molar-refractivity contribution in [2.24, 2.45) is 5.41 Å². The highest BCUT2D eigenvalue weighted by atomic mass is 16.5. The number of hydrogen-bond donors (Lipinski definition) is 1. The zero-order chi connectivity index (χ0) is 26.2. The number of ether oxygens (including phenoxy) is 1. The SMILES string of the molecule is COC(=O)C1(Cc2ccc(N3C(=O)c4c(C(=O)Nc5cccc(C#N)c5)cnn4C[C@@H]3C)cc2)CCC1. The Balaban J connectivity index is 1.37. The number of carbonyl (C=O) groups excluding carboxylic acids is 3. The van der Waals surface area contributed by atoms with Gasteiger partial charge in [-0.25, -0.2) is 0 Å². The molecule has 0 bridgehead atoms. The summed E-state index contributed by atoms with van der Waals surface area (Å²) in [7, 11) is 1.43. The minimum Gasteiger partial charge on any atom is -0.469 e. The molecule has 2 aromatic carbocycles. The van der Waals surface area contributed by atoms with Gasteiger partial charge in [0.15, 0.2) is 0 Å². The number of fused-ring (bicyclic) bond motifs is 1. The van der Waals surface area contributed by atoms with Gasteiger partial charge in [0.25, 0.3) is 11.8 Å². The lowest BCUT2D eigenvalue weighted by molar-refractivity contribution is -0.158. The van der Waals surface area contributed by atoms with Gasteiger partial charge < -0.3 is 15.0 Å². The topological polar surface area (TPSA) is 117 Å². The van der Waals surface area contributed by atoms with Crippen molar-refractivity contribution < 1.29 is 19.1 Å². The van der Waals surface area contributed by atoms with Crippen molar-refractivity contribution in [2.75, 3.05) is 17.3 Å². The molecule has 1 aliphatic heterocycles. The molecule has 1 aromatic heterocycles. The lowest BCUT2D eigenvalue weighted by Crippen LogP contribution is -2.47. The van der Waals surface area contributed by atoms with Crippen molar-refractivity contribution in [1.29, 1.82) is 5.26 Å². The van der Waals surface area contributed by atoms with Crippen LogP contribution >= 0.6 is 0 Å². The maximum atomic E-state index is 13.6. The second-order valence-electron chi connectivity index (χ2n) is 9.73. The molecule has 0 spiro atoms. The van der Waals surface area contributed by atoms with Gasteiger partial charge in [0.1, 0.15) is 5.69 Å². The third-order valence-electron chi connectivity index (χ3n) is 7.32. The predicted molar refractivity (Wildman–Crippen MR) is 136 cm³/mol. The zero-order valence-electron chi connectivity index (χ0n) is 20.7. The molecule has 1 saturated carbocycles. The normalized spacial score (nSPS) is 17.8. The van der Waals surface area contributed by atoms with Crippen LogP contribution < -0.4 is 10.2 Å². The molecule has 37 heavy (non-hydrogen) atoms. The van der Waals surface area contributed by atoms with Crippen LogP contribution in [0.3, 0.4) is 0 Å². The fourth-order valence-electron chi connectivity index (χ4n) is 5.24. The standard InChI is InChI=1S/C28H27N5O4/c1-18-17-32-24(23(16-30-32)25(34)31-21-6-3-5-20(13-21)15-29)26(35)33(18)22-9-7-19(8-10-22)14-28(11-4-12-28)27(36)37-2/h3,5-10,13,16,18H,4,11-12,14,17H2,1-2H3,(H,31,34)/t18-/m0/s1. The molecule has 0 unspecified atom stereocenters. The van der Waals surface area contributed by atoms with Gasteiger partial charge >= 0.3 is 5.97 Å². The fourth-order valence-corrected chi connectivity index (χ4v) is 5.24. The van der Waals surface area contributed by atoms with Crippen LogP contribution in [-0.2, 0) is 22.5 Å². The summed E-state index contributed by atoms with van der Waals surface area (Å²) >= 11 is 0. The molecule has 2 amide bonds. The number of carbonyl (C=O) groups is 3. The second-order valence-corrected chi connectivity index (χ2v) is 9.73. The van der Waals surface area contributed by atoms with Crippen LogP contribution in [-0.4, -0.2) is 40.7 Å². The third kappa shape index (κ3) is 4.35. The van der Waals surface area contributed by atoms with Crippen molar-refractivity contribution in [3.05, 3.63) is 77.1 Å². The fraction of sp³-hybridized carbons (Fsp3) is 0.321. The Hall–Kier alpha value is -4.45. The Labute approximate surface area is 214 Å². The minimum atomic E-state index is -0.469. The summed E-state index contributed by atoms with van der Waals surface area (Å²) in [6.45, 7) is 2.37. The Kier molecular flexibility index (Phi) is 6.25. The molecule has 1 fully saturated rings. The minimum absolute atomic E-state index is 0.166. The van der Waals surface area contributed by atoms with Crippen LogP contribution in [0.2, 0.25) is 0 Å². The van der Waals surface area contributed by atoms with E-state index in [-0.39, 0.29) is 29.2 Å². The zero-order valence-corrected chi connectivity index (χ0v) is 20.7. The van der Waals surface area contributed by atoms with E-state index in [0.717, 1.165) is 24.8 Å². The van der Waals surface area contributed by atoms with Crippen molar-refractivity contribution in [3.63, 3.8) is 0 Å². The van der Waals surface area contributed by atoms with Crippen molar-refractivity contribution >= 4 is 29.2 Å². The molecule has 1 atom stereocenters. The van der Waals surface area contributed by atoms with Crippen LogP contribution in [0, 0.1) is 16.7 Å². The molecule has 2 heterocycles. The average Bonchev–Trinajstić information content (AvgIpc) is 3.31. The van der Waals surface area contributed by atoms with E-state index in [1.165, 1.54) is 13.3 Å². The molecule has 9 nitrogen and oxygen atoms in total. The van der Waals surface area contributed by atoms with E-state index in [1.807, 2.05) is 37.3 Å². The van der Waals surface area contributed by atoms with Crippen LogP contribution in [0.1, 0.15) is 58.2 Å². The summed E-state index contributed by atoms with van der Waals surface area (Å²) in [6.07, 6.45) is 4.66. The lowest BCUT2D eigenvalue weighted by Gasteiger charge is -2.39. The molecule has 5 rings (SSSR count). The highest BCUT2D eigenvalue weighted by Gasteiger charge is 2.45. The van der Waals surface area contributed by atoms with Gasteiger partial charge in [0, 0.05) is 11.4 Å². The maximum Gasteiger partial charge on any atom is 0.312 e. The monoisotopic (exact) mass is 497 g/mol. The van der Waals surface area contributed by atoms with Crippen LogP contribution in [0.5, 0.6) is 0 Å². The largest absolute Gasteiger partial charge is 0.469 e. The van der Waals surface area contributed by atoms with Crippen molar-refractivity contribution in [2.45, 2.75) is 45.2 Å². The summed E-state index contributed by atoms with van der Waals surface area (Å²) in [6, 6.07) is 16.1. The number of methoxy groups -OCH3 is 1. The first-order valence-electron chi connectivity index (χ1n) is 12.2. The molecule has 2 aliphatic rings. The second kappa shape index (κ2) is 9.54. The lowest BCUT2D eigenvalue weighted by atomic mass is 9.65. The van der Waals surface area contributed by atoms with Gasteiger partial charge in [-0.3, -0.25) is 19.1 Å². The Morgan fingerprint density at radius 3 is 2.62 bits per heavy atom. The number of amides is 2. The third-order valence-corrected chi connectivity index (χ3v) is 7.32. The number of nitrogens with zero attached hydrogens (tertiary/aromatic N) is 4. The summed E-state index contributed by atoms with van der Waals surface area (Å²) in [5.41, 5.74) is 2.54. The highest BCUT2D eigenvalue weighted by molar-refractivity contribution is 6.15. The van der Waals surface area contributed by atoms with E-state index >= 15 is 0 Å². The van der Waals surface area contributed by atoms with E-state index in [1.54, 1.807) is 33.8 Å². The van der Waals surface area contributed by atoms with E-state index in [4.69, 9.17) is 10.00 Å². The van der Waals surface area contributed by atoms with Gasteiger partial charge in [-0.1, -0.05) is 24.6 Å². The molecule has 1 N–H and O–H groups in total.